The summed E-state index contributed by atoms with van der Waals surface area (Å²) >= 11 is 0. The van der Waals surface area contributed by atoms with Crippen LogP contribution in [0.2, 0.25) is 0 Å². The lowest BCUT2D eigenvalue weighted by Crippen LogP contribution is -2.28. The van der Waals surface area contributed by atoms with Gasteiger partial charge in [-0.3, -0.25) is 4.79 Å². The maximum Gasteiger partial charge on any atom is 0.315 e. The molecule has 1 aliphatic rings. The van der Waals surface area contributed by atoms with E-state index in [0.29, 0.717) is 24.0 Å². The topological polar surface area (TPSA) is 88.3 Å². The second kappa shape index (κ2) is 7.67. The molecule has 3 aromatic rings. The third kappa shape index (κ3) is 3.73. The molecule has 1 aromatic heterocycles. The molecule has 1 amide bonds. The summed E-state index contributed by atoms with van der Waals surface area (Å²) in [6.45, 7) is -0.293. The Morgan fingerprint density at radius 3 is 2.83 bits per heavy atom. The fourth-order valence-corrected chi connectivity index (χ4v) is 3.43. The molecule has 2 aromatic carbocycles. The first-order valence-corrected chi connectivity index (χ1v) is 8.91. The van der Waals surface area contributed by atoms with Gasteiger partial charge in [-0.05, 0) is 47.7 Å². The van der Waals surface area contributed by atoms with Gasteiger partial charge in [-0.2, -0.15) is 13.8 Å². The summed E-state index contributed by atoms with van der Waals surface area (Å²) in [5, 5.41) is 15.6. The molecule has 9 heteroatoms. The number of carbonyl (C=O) groups is 1. The largest absolute Gasteiger partial charge is 0.392 e. The van der Waals surface area contributed by atoms with Crippen LogP contribution in [-0.2, 0) is 13.0 Å². The average Bonchev–Trinajstić information content (AvgIpc) is 3.36. The molecule has 0 saturated carbocycles. The van der Waals surface area contributed by atoms with Crippen LogP contribution in [0.3, 0.4) is 0 Å². The van der Waals surface area contributed by atoms with Crippen molar-refractivity contribution in [3.05, 3.63) is 70.4 Å². The lowest BCUT2D eigenvalue weighted by molar-refractivity contribution is 0.0932. The lowest BCUT2D eigenvalue weighted by Gasteiger charge is -2.15. The number of nitrogens with zero attached hydrogens (tertiary/aromatic N) is 2. The van der Waals surface area contributed by atoms with Crippen LogP contribution >= 0.6 is 0 Å². The van der Waals surface area contributed by atoms with E-state index in [1.54, 1.807) is 18.2 Å². The zero-order valence-electron chi connectivity index (χ0n) is 15.0. The number of carbonyl (C=O) groups excluding carboxylic acids is 1. The first-order valence-electron chi connectivity index (χ1n) is 8.91. The maximum absolute atomic E-state index is 14.0. The van der Waals surface area contributed by atoms with Crippen LogP contribution in [0.1, 0.15) is 51.8 Å². The zero-order valence-corrected chi connectivity index (χ0v) is 15.0. The average molecular weight is 403 g/mol. The minimum Gasteiger partial charge on any atom is -0.392 e. The van der Waals surface area contributed by atoms with E-state index in [2.05, 4.69) is 20.0 Å². The molecule has 29 heavy (non-hydrogen) atoms. The number of fused-ring (bicyclic) bond motifs is 1. The fraction of sp³-hybridized carbons (Fsp3) is 0.250. The van der Waals surface area contributed by atoms with E-state index < -0.39 is 24.0 Å². The molecule has 0 radical (unpaired) electrons. The maximum atomic E-state index is 14.0. The van der Waals surface area contributed by atoms with Gasteiger partial charge in [0, 0.05) is 5.56 Å². The minimum atomic E-state index is -2.84. The van der Waals surface area contributed by atoms with E-state index in [1.165, 1.54) is 12.1 Å². The highest BCUT2D eigenvalue weighted by atomic mass is 19.3. The second-order valence-corrected chi connectivity index (χ2v) is 6.71. The molecule has 0 spiro atoms. The number of benzene rings is 2. The smallest absolute Gasteiger partial charge is 0.315 e. The molecule has 4 rings (SSSR count). The van der Waals surface area contributed by atoms with Crippen molar-refractivity contribution in [3.63, 3.8) is 0 Å². The molecule has 1 heterocycles. The van der Waals surface area contributed by atoms with Gasteiger partial charge in [-0.15, -0.1) is 0 Å². The van der Waals surface area contributed by atoms with Gasteiger partial charge in [0.05, 0.1) is 18.2 Å². The molecule has 1 unspecified atom stereocenters. The van der Waals surface area contributed by atoms with E-state index in [0.717, 1.165) is 17.2 Å². The summed E-state index contributed by atoms with van der Waals surface area (Å²) in [6, 6.07) is 8.77. The van der Waals surface area contributed by atoms with Crippen LogP contribution in [0.25, 0.3) is 11.4 Å². The Labute approximate surface area is 163 Å². The highest BCUT2D eigenvalue weighted by molar-refractivity contribution is 5.95. The molecule has 0 aliphatic heterocycles. The molecule has 6 nitrogen and oxygen atoms in total. The van der Waals surface area contributed by atoms with Crippen LogP contribution < -0.4 is 5.32 Å². The van der Waals surface area contributed by atoms with Crippen LogP contribution in [-0.4, -0.2) is 21.2 Å². The normalized spacial score (nSPS) is 15.6. The number of aromatic nitrogens is 2. The summed E-state index contributed by atoms with van der Waals surface area (Å²) in [5.41, 5.74) is 2.62. The highest BCUT2D eigenvalue weighted by Gasteiger charge is 2.26. The summed E-state index contributed by atoms with van der Waals surface area (Å²) in [5.74, 6) is -1.91. The highest BCUT2D eigenvalue weighted by Crippen LogP contribution is 2.34. The van der Waals surface area contributed by atoms with Crippen molar-refractivity contribution < 1.29 is 27.6 Å². The Bertz CT molecular complexity index is 1070. The Morgan fingerprint density at radius 2 is 2.10 bits per heavy atom. The van der Waals surface area contributed by atoms with Crippen LogP contribution in [0, 0.1) is 5.82 Å². The molecule has 1 atom stereocenters. The van der Waals surface area contributed by atoms with Crippen molar-refractivity contribution in [3.8, 4) is 11.4 Å². The van der Waals surface area contributed by atoms with Crippen molar-refractivity contribution >= 4 is 5.91 Å². The third-order valence-electron chi connectivity index (χ3n) is 4.87. The number of aryl methyl sites for hydroxylation is 1. The van der Waals surface area contributed by atoms with E-state index in [4.69, 9.17) is 0 Å². The van der Waals surface area contributed by atoms with Crippen molar-refractivity contribution in [2.24, 2.45) is 0 Å². The Balaban J connectivity index is 1.54. The Kier molecular flexibility index (Phi) is 5.06. The molecule has 2 N–H and O–H groups in total. The zero-order chi connectivity index (χ0) is 20.5. The molecule has 1 aliphatic carbocycles. The van der Waals surface area contributed by atoms with Crippen molar-refractivity contribution in [2.45, 2.75) is 31.9 Å². The standard InChI is InChI=1S/C20H16F3N3O3/c21-15-5-1-10(9-27)7-14(15)19(28)24-16-6-3-11-8-12(2-4-13(11)16)18-25-20(17(22)23)29-26-18/h1-2,4-5,7-8,16-17,27H,3,6,9H2,(H,24,28). The van der Waals surface area contributed by atoms with E-state index in [1.807, 2.05) is 0 Å². The molecule has 0 fully saturated rings. The Morgan fingerprint density at radius 1 is 1.28 bits per heavy atom. The molecule has 0 saturated heterocycles. The predicted molar refractivity (Wildman–Crippen MR) is 95.5 cm³/mol. The molecule has 0 bridgehead atoms. The number of aliphatic hydroxyl groups excluding tert-OH is 1. The van der Waals surface area contributed by atoms with Gasteiger partial charge >= 0.3 is 6.43 Å². The number of amides is 1. The summed E-state index contributed by atoms with van der Waals surface area (Å²) in [6.07, 6.45) is -1.58. The lowest BCUT2D eigenvalue weighted by atomic mass is 10.0. The van der Waals surface area contributed by atoms with Gasteiger partial charge < -0.3 is 14.9 Å². The van der Waals surface area contributed by atoms with Gasteiger partial charge in [0.2, 0.25) is 5.82 Å². The first kappa shape index (κ1) is 19.1. The number of rotatable bonds is 5. The molecule has 150 valence electrons. The van der Waals surface area contributed by atoms with Gasteiger partial charge in [-0.1, -0.05) is 23.4 Å². The van der Waals surface area contributed by atoms with Crippen LogP contribution in [0.5, 0.6) is 0 Å². The predicted octanol–water partition coefficient (Wildman–Crippen LogP) is 3.72. The van der Waals surface area contributed by atoms with Crippen LogP contribution in [0.15, 0.2) is 40.9 Å². The van der Waals surface area contributed by atoms with Crippen molar-refractivity contribution in [1.29, 1.82) is 0 Å². The Hall–Kier alpha value is -3.20. The van der Waals surface area contributed by atoms with Crippen LogP contribution in [0.4, 0.5) is 13.2 Å². The number of alkyl halides is 2. The van der Waals surface area contributed by atoms with E-state index in [9.17, 15) is 23.1 Å². The van der Waals surface area contributed by atoms with Gasteiger partial charge in [0.25, 0.3) is 11.8 Å². The summed E-state index contributed by atoms with van der Waals surface area (Å²) < 4.78 is 43.8. The first-order chi connectivity index (χ1) is 14.0. The second-order valence-electron chi connectivity index (χ2n) is 6.71. The van der Waals surface area contributed by atoms with Gasteiger partial charge in [0.15, 0.2) is 0 Å². The van der Waals surface area contributed by atoms with Gasteiger partial charge in [0.1, 0.15) is 5.82 Å². The SMILES string of the molecule is O=C(NC1CCc2cc(-c3noc(C(F)F)n3)ccc21)c1cc(CO)ccc1F. The number of aliphatic hydroxyl groups is 1. The number of hydrogen-bond donors (Lipinski definition) is 2. The minimum absolute atomic E-state index is 0.0680. The quantitative estimate of drug-likeness (QED) is 0.678. The number of halogens is 3. The van der Waals surface area contributed by atoms with Crippen molar-refractivity contribution in [2.75, 3.05) is 0 Å². The van der Waals surface area contributed by atoms with Gasteiger partial charge in [-0.25, -0.2) is 4.39 Å². The monoisotopic (exact) mass is 403 g/mol. The molecular formula is C20H16F3N3O3. The summed E-state index contributed by atoms with van der Waals surface area (Å²) in [7, 11) is 0. The van der Waals surface area contributed by atoms with E-state index in [-0.39, 0.29) is 24.0 Å². The fourth-order valence-electron chi connectivity index (χ4n) is 3.43. The van der Waals surface area contributed by atoms with Crippen molar-refractivity contribution in [1.82, 2.24) is 15.5 Å². The summed E-state index contributed by atoms with van der Waals surface area (Å²) in [4.78, 5) is 16.2. The number of hydrogen-bond acceptors (Lipinski definition) is 5. The van der Waals surface area contributed by atoms with E-state index >= 15 is 0 Å². The third-order valence-corrected chi connectivity index (χ3v) is 4.87. The number of nitrogens with one attached hydrogen (secondary N) is 1. The molecular weight excluding hydrogens is 387 g/mol.